The molecule has 0 saturated heterocycles. The van der Waals surface area contributed by atoms with Crippen molar-refractivity contribution in [2.75, 3.05) is 5.32 Å². The number of anilines is 1. The van der Waals surface area contributed by atoms with Gasteiger partial charge in [-0.25, -0.2) is 27.1 Å². The molecule has 3 aromatic carbocycles. The fraction of sp³-hybridized carbons (Fsp3) is 0.103. The first-order chi connectivity index (χ1) is 20.4. The Labute approximate surface area is 237 Å². The molecule has 2 N–H and O–H groups in total. The standard InChI is InChI=1S/C29H16F7N5O2/c30-17-2-3-19(26(32)33)20(10-17)25-24-21(28(43)40-25)7-14(13-1-4-23-37-12-38-41(23)11-13)8-22(24)39-27(42)15-5-16(29(34,35)36)9-18(31)6-15/h1-12,25-26H,(H,39,42)(H,40,43). The highest BCUT2D eigenvalue weighted by atomic mass is 19.4. The van der Waals surface area contributed by atoms with E-state index in [2.05, 4.69) is 20.7 Å². The predicted octanol–water partition coefficient (Wildman–Crippen LogP) is 6.72. The maximum atomic E-state index is 14.3. The van der Waals surface area contributed by atoms with Crippen molar-refractivity contribution in [2.45, 2.75) is 18.6 Å². The maximum absolute atomic E-state index is 14.3. The zero-order valence-corrected chi connectivity index (χ0v) is 21.4. The summed E-state index contributed by atoms with van der Waals surface area (Å²) >= 11 is 0. The van der Waals surface area contributed by atoms with Gasteiger partial charge in [-0.1, -0.05) is 6.07 Å². The molecule has 2 aromatic heterocycles. The SMILES string of the molecule is O=C(Nc1cc(-c2ccc3ncnn3c2)cc2c1C(c1cc(F)ccc1C(F)F)NC2=O)c1cc(F)cc(C(F)(F)F)c1. The third-order valence-corrected chi connectivity index (χ3v) is 6.93. The van der Waals surface area contributed by atoms with Crippen LogP contribution in [-0.4, -0.2) is 26.4 Å². The van der Waals surface area contributed by atoms with Crippen LogP contribution in [0.4, 0.5) is 36.4 Å². The van der Waals surface area contributed by atoms with E-state index >= 15 is 0 Å². The minimum absolute atomic E-state index is 0.0381. The number of aromatic nitrogens is 3. The molecule has 0 aliphatic carbocycles. The normalized spacial score (nSPS) is 14.7. The lowest BCUT2D eigenvalue weighted by atomic mass is 9.91. The summed E-state index contributed by atoms with van der Waals surface area (Å²) < 4.78 is 97.6. The van der Waals surface area contributed by atoms with Crippen molar-refractivity contribution in [1.82, 2.24) is 19.9 Å². The first-order valence-electron chi connectivity index (χ1n) is 12.4. The fourth-order valence-electron chi connectivity index (χ4n) is 5.00. The molecule has 0 spiro atoms. The number of halogens is 7. The number of hydrogen-bond donors (Lipinski definition) is 2. The molecule has 1 unspecified atom stereocenters. The highest BCUT2D eigenvalue weighted by Crippen LogP contribution is 2.42. The molecule has 218 valence electrons. The summed E-state index contributed by atoms with van der Waals surface area (Å²) in [5.74, 6) is -4.11. The van der Waals surface area contributed by atoms with Crippen molar-refractivity contribution in [3.8, 4) is 11.1 Å². The number of nitrogens with one attached hydrogen (secondary N) is 2. The lowest BCUT2D eigenvalue weighted by molar-refractivity contribution is -0.137. The Hall–Kier alpha value is -5.27. The van der Waals surface area contributed by atoms with E-state index in [-0.39, 0.29) is 28.4 Å². The second-order valence-electron chi connectivity index (χ2n) is 9.63. The summed E-state index contributed by atoms with van der Waals surface area (Å²) in [7, 11) is 0. The second-order valence-corrected chi connectivity index (χ2v) is 9.63. The van der Waals surface area contributed by atoms with Gasteiger partial charge >= 0.3 is 6.18 Å². The van der Waals surface area contributed by atoms with Crippen LogP contribution in [0.25, 0.3) is 16.8 Å². The fourth-order valence-corrected chi connectivity index (χ4v) is 5.00. The minimum Gasteiger partial charge on any atom is -0.341 e. The van der Waals surface area contributed by atoms with Crippen LogP contribution in [0.2, 0.25) is 0 Å². The Bertz CT molecular complexity index is 1940. The Morgan fingerprint density at radius 2 is 1.74 bits per heavy atom. The number of carbonyl (C=O) groups is 2. The molecule has 0 fully saturated rings. The topological polar surface area (TPSA) is 88.4 Å². The van der Waals surface area contributed by atoms with Crippen LogP contribution in [0.15, 0.2) is 73.2 Å². The zero-order chi connectivity index (χ0) is 30.6. The first kappa shape index (κ1) is 27.9. The number of rotatable bonds is 5. The lowest BCUT2D eigenvalue weighted by Crippen LogP contribution is -2.22. The zero-order valence-electron chi connectivity index (χ0n) is 21.4. The Morgan fingerprint density at radius 3 is 2.49 bits per heavy atom. The summed E-state index contributed by atoms with van der Waals surface area (Å²) in [5.41, 5.74) is -1.97. The molecule has 14 heteroatoms. The van der Waals surface area contributed by atoms with Gasteiger partial charge < -0.3 is 10.6 Å². The molecule has 1 aliphatic rings. The Morgan fingerprint density at radius 1 is 0.953 bits per heavy atom. The molecule has 2 amide bonds. The molecule has 0 saturated carbocycles. The van der Waals surface area contributed by atoms with Crippen LogP contribution >= 0.6 is 0 Å². The van der Waals surface area contributed by atoms with Crippen LogP contribution in [-0.2, 0) is 6.18 Å². The minimum atomic E-state index is -4.96. The largest absolute Gasteiger partial charge is 0.416 e. The van der Waals surface area contributed by atoms with Gasteiger partial charge in [-0.15, -0.1) is 0 Å². The van der Waals surface area contributed by atoms with Crippen molar-refractivity contribution in [1.29, 1.82) is 0 Å². The van der Waals surface area contributed by atoms with Gasteiger partial charge in [-0.3, -0.25) is 9.59 Å². The van der Waals surface area contributed by atoms with E-state index in [9.17, 15) is 40.3 Å². The van der Waals surface area contributed by atoms with Gasteiger partial charge in [0.25, 0.3) is 18.2 Å². The van der Waals surface area contributed by atoms with Gasteiger partial charge in [0.1, 0.15) is 18.0 Å². The number of fused-ring (bicyclic) bond motifs is 2. The molecule has 0 radical (unpaired) electrons. The molecule has 5 aromatic rings. The van der Waals surface area contributed by atoms with E-state index < -0.39 is 58.8 Å². The Balaban J connectivity index is 1.52. The molecule has 0 bridgehead atoms. The highest BCUT2D eigenvalue weighted by Gasteiger charge is 2.37. The van der Waals surface area contributed by atoms with E-state index in [1.165, 1.54) is 23.0 Å². The third-order valence-electron chi connectivity index (χ3n) is 6.93. The molecule has 1 aliphatic heterocycles. The van der Waals surface area contributed by atoms with E-state index in [1.807, 2.05) is 0 Å². The summed E-state index contributed by atoms with van der Waals surface area (Å²) in [5, 5.41) is 8.98. The number of carbonyl (C=O) groups excluding carboxylic acids is 2. The van der Waals surface area contributed by atoms with Crippen molar-refractivity contribution < 1.29 is 40.3 Å². The lowest BCUT2D eigenvalue weighted by Gasteiger charge is -2.20. The van der Waals surface area contributed by atoms with E-state index in [1.54, 1.807) is 18.3 Å². The summed E-state index contributed by atoms with van der Waals surface area (Å²) in [6.07, 6.45) is -5.15. The molecule has 6 rings (SSSR count). The predicted molar refractivity (Wildman–Crippen MR) is 138 cm³/mol. The van der Waals surface area contributed by atoms with Crippen molar-refractivity contribution in [3.05, 3.63) is 118 Å². The highest BCUT2D eigenvalue weighted by molar-refractivity contribution is 6.09. The van der Waals surface area contributed by atoms with Crippen molar-refractivity contribution in [2.24, 2.45) is 0 Å². The van der Waals surface area contributed by atoms with E-state index in [4.69, 9.17) is 0 Å². The second kappa shape index (κ2) is 10.2. The van der Waals surface area contributed by atoms with Crippen LogP contribution in [0.5, 0.6) is 0 Å². The van der Waals surface area contributed by atoms with Crippen LogP contribution < -0.4 is 10.6 Å². The Kier molecular flexibility index (Phi) is 6.63. The summed E-state index contributed by atoms with van der Waals surface area (Å²) in [4.78, 5) is 30.5. The van der Waals surface area contributed by atoms with Crippen LogP contribution in [0.1, 0.15) is 55.4 Å². The van der Waals surface area contributed by atoms with Crippen LogP contribution in [0.3, 0.4) is 0 Å². The molecule has 43 heavy (non-hydrogen) atoms. The molecule has 7 nitrogen and oxygen atoms in total. The van der Waals surface area contributed by atoms with Gasteiger partial charge in [-0.2, -0.15) is 18.3 Å². The first-order valence-corrected chi connectivity index (χ1v) is 12.4. The number of alkyl halides is 5. The number of hydrogen-bond acceptors (Lipinski definition) is 4. The van der Waals surface area contributed by atoms with Gasteiger partial charge in [0, 0.05) is 39.7 Å². The molecule has 3 heterocycles. The average molecular weight is 599 g/mol. The molecule has 1 atom stereocenters. The van der Waals surface area contributed by atoms with Gasteiger partial charge in [-0.05, 0) is 65.7 Å². The number of benzene rings is 3. The van der Waals surface area contributed by atoms with Crippen molar-refractivity contribution in [3.63, 3.8) is 0 Å². The van der Waals surface area contributed by atoms with Crippen molar-refractivity contribution >= 4 is 23.1 Å². The van der Waals surface area contributed by atoms with Crippen LogP contribution in [0, 0.1) is 11.6 Å². The summed E-state index contributed by atoms with van der Waals surface area (Å²) in [6.45, 7) is 0. The average Bonchev–Trinajstić information content (AvgIpc) is 3.56. The third kappa shape index (κ3) is 5.15. The molecular formula is C29H16F7N5O2. The number of amides is 2. The monoisotopic (exact) mass is 599 g/mol. The van der Waals surface area contributed by atoms with E-state index in [0.29, 0.717) is 28.9 Å². The van der Waals surface area contributed by atoms with Gasteiger partial charge in [0.2, 0.25) is 0 Å². The summed E-state index contributed by atoms with van der Waals surface area (Å²) in [6, 6.07) is 8.45. The number of nitrogens with zero attached hydrogens (tertiary/aromatic N) is 3. The smallest absolute Gasteiger partial charge is 0.341 e. The van der Waals surface area contributed by atoms with Gasteiger partial charge in [0.15, 0.2) is 5.65 Å². The van der Waals surface area contributed by atoms with E-state index in [0.717, 1.165) is 18.2 Å². The van der Waals surface area contributed by atoms with Gasteiger partial charge in [0.05, 0.1) is 11.6 Å². The maximum Gasteiger partial charge on any atom is 0.416 e. The molecular weight excluding hydrogens is 583 g/mol. The number of pyridine rings is 1. The quantitative estimate of drug-likeness (QED) is 0.220.